The fraction of sp³-hybridized carbons (Fsp3) is 0.643. The first-order valence-electron chi connectivity index (χ1n) is 6.30. The molecule has 0 radical (unpaired) electrons. The van der Waals surface area contributed by atoms with Gasteiger partial charge in [0.2, 0.25) is 5.91 Å². The van der Waals surface area contributed by atoms with E-state index in [1.54, 1.807) is 6.92 Å². The molecule has 2 aliphatic rings. The summed E-state index contributed by atoms with van der Waals surface area (Å²) in [7, 11) is 0. The Hall–Kier alpha value is -1.25. The van der Waals surface area contributed by atoms with Crippen LogP contribution < -0.4 is 5.73 Å². The number of hydrogen-bond donors (Lipinski definition) is 1. The number of allylic oxidation sites excluding steroid dienone is 4. The van der Waals surface area contributed by atoms with E-state index in [0.717, 1.165) is 24.2 Å². The summed E-state index contributed by atoms with van der Waals surface area (Å²) in [6, 6.07) is 0. The molecule has 17 heavy (non-hydrogen) atoms. The monoisotopic (exact) mass is 234 g/mol. The van der Waals surface area contributed by atoms with Gasteiger partial charge in [0.15, 0.2) is 0 Å². The molecule has 0 aromatic heterocycles. The number of nitrogens with two attached hydrogens (primary N) is 1. The van der Waals surface area contributed by atoms with E-state index in [9.17, 15) is 4.79 Å². The summed E-state index contributed by atoms with van der Waals surface area (Å²) in [4.78, 5) is 13.8. The Morgan fingerprint density at radius 3 is 2.71 bits per heavy atom. The fourth-order valence-electron chi connectivity index (χ4n) is 3.45. The minimum absolute atomic E-state index is 0.0898. The van der Waals surface area contributed by atoms with Crippen LogP contribution in [0.4, 0.5) is 0 Å². The van der Waals surface area contributed by atoms with Gasteiger partial charge in [-0.2, -0.15) is 0 Å². The molecule has 1 heterocycles. The lowest BCUT2D eigenvalue weighted by molar-refractivity contribution is -0.134. The van der Waals surface area contributed by atoms with Gasteiger partial charge in [-0.1, -0.05) is 6.92 Å². The number of rotatable bonds is 0. The van der Waals surface area contributed by atoms with Crippen molar-refractivity contribution in [3.8, 4) is 0 Å². The van der Waals surface area contributed by atoms with Crippen molar-refractivity contribution in [2.45, 2.75) is 46.1 Å². The van der Waals surface area contributed by atoms with Crippen LogP contribution in [-0.4, -0.2) is 16.3 Å². The minimum Gasteiger partial charge on any atom is -0.402 e. The molecule has 0 saturated carbocycles. The molecule has 3 heteroatoms. The highest BCUT2D eigenvalue weighted by Gasteiger charge is 2.43. The van der Waals surface area contributed by atoms with Crippen LogP contribution in [0.3, 0.4) is 0 Å². The Kier molecular flexibility index (Phi) is 2.80. The van der Waals surface area contributed by atoms with Crippen molar-refractivity contribution >= 4 is 5.91 Å². The maximum atomic E-state index is 11.9. The highest BCUT2D eigenvalue weighted by atomic mass is 16.2. The van der Waals surface area contributed by atoms with Crippen molar-refractivity contribution in [1.82, 2.24) is 4.90 Å². The normalized spacial score (nSPS) is 31.4. The second kappa shape index (κ2) is 3.90. The van der Waals surface area contributed by atoms with Gasteiger partial charge in [0, 0.05) is 29.8 Å². The van der Waals surface area contributed by atoms with E-state index in [2.05, 4.69) is 20.8 Å². The van der Waals surface area contributed by atoms with Crippen LogP contribution in [0.5, 0.6) is 0 Å². The third-order valence-corrected chi connectivity index (χ3v) is 3.99. The van der Waals surface area contributed by atoms with Gasteiger partial charge in [-0.05, 0) is 44.8 Å². The van der Waals surface area contributed by atoms with Gasteiger partial charge in [-0.25, -0.2) is 0 Å². The molecule has 0 spiro atoms. The summed E-state index contributed by atoms with van der Waals surface area (Å²) in [6.45, 7) is 8.20. The van der Waals surface area contributed by atoms with Crippen LogP contribution in [0.25, 0.3) is 0 Å². The Labute approximate surface area is 103 Å². The summed E-state index contributed by atoms with van der Waals surface area (Å²) in [5.74, 6) is 1.10. The number of carbonyl (C=O) groups excluding carboxylic acids is 1. The standard InChI is InChI=1S/C14H22N2O/c1-9-8-14(3,4)16(10(2)17)13-6-5-11(15)7-12(9)13/h5-6,9,12H,7-8,15H2,1-4H3. The molecule has 2 N–H and O–H groups in total. The van der Waals surface area contributed by atoms with Crippen LogP contribution >= 0.6 is 0 Å². The average molecular weight is 234 g/mol. The fourth-order valence-corrected chi connectivity index (χ4v) is 3.45. The molecule has 2 rings (SSSR count). The summed E-state index contributed by atoms with van der Waals surface area (Å²) in [6.07, 6.45) is 5.88. The number of nitrogens with zero attached hydrogens (tertiary/aromatic N) is 1. The van der Waals surface area contributed by atoms with Gasteiger partial charge < -0.3 is 10.6 Å². The number of amides is 1. The molecule has 1 amide bonds. The molecule has 2 unspecified atom stereocenters. The first-order chi connectivity index (χ1) is 7.83. The molecular weight excluding hydrogens is 212 g/mol. The Morgan fingerprint density at radius 1 is 1.47 bits per heavy atom. The van der Waals surface area contributed by atoms with E-state index >= 15 is 0 Å². The zero-order valence-electron chi connectivity index (χ0n) is 11.2. The number of likely N-dealkylation sites (tertiary alicyclic amines) is 1. The average Bonchev–Trinajstić information content (AvgIpc) is 2.17. The second-order valence-corrected chi connectivity index (χ2v) is 5.99. The van der Waals surface area contributed by atoms with Gasteiger partial charge in [0.25, 0.3) is 0 Å². The SMILES string of the molecule is CC(=O)N1C2=CC=C(N)CC2C(C)CC1(C)C. The first-order valence-corrected chi connectivity index (χ1v) is 6.30. The maximum absolute atomic E-state index is 11.9. The van der Waals surface area contributed by atoms with Crippen LogP contribution in [-0.2, 0) is 4.79 Å². The topological polar surface area (TPSA) is 46.3 Å². The molecular formula is C14H22N2O. The molecule has 3 nitrogen and oxygen atoms in total. The Morgan fingerprint density at radius 2 is 2.12 bits per heavy atom. The lowest BCUT2D eigenvalue weighted by Crippen LogP contribution is -2.54. The Bertz CT molecular complexity index is 406. The van der Waals surface area contributed by atoms with E-state index in [1.807, 2.05) is 17.1 Å². The van der Waals surface area contributed by atoms with Crippen molar-refractivity contribution in [2.75, 3.05) is 0 Å². The van der Waals surface area contributed by atoms with Gasteiger partial charge >= 0.3 is 0 Å². The summed E-state index contributed by atoms with van der Waals surface area (Å²) < 4.78 is 0. The highest BCUT2D eigenvalue weighted by molar-refractivity contribution is 5.77. The second-order valence-electron chi connectivity index (χ2n) is 5.99. The zero-order chi connectivity index (χ0) is 12.8. The van der Waals surface area contributed by atoms with Crippen LogP contribution in [0.15, 0.2) is 23.5 Å². The predicted molar refractivity (Wildman–Crippen MR) is 68.8 cm³/mol. The first kappa shape index (κ1) is 12.2. The minimum atomic E-state index is -0.0898. The number of fused-ring (bicyclic) bond motifs is 1. The molecule has 1 aliphatic heterocycles. The van der Waals surface area contributed by atoms with E-state index < -0.39 is 0 Å². The van der Waals surface area contributed by atoms with Gasteiger partial charge in [0.05, 0.1) is 0 Å². The van der Waals surface area contributed by atoms with Crippen molar-refractivity contribution < 1.29 is 4.79 Å². The smallest absolute Gasteiger partial charge is 0.224 e. The Balaban J connectivity index is 2.45. The lowest BCUT2D eigenvalue weighted by atomic mass is 9.72. The number of carbonyl (C=O) groups is 1. The maximum Gasteiger partial charge on any atom is 0.224 e. The molecule has 1 saturated heterocycles. The largest absolute Gasteiger partial charge is 0.402 e. The molecule has 94 valence electrons. The van der Waals surface area contributed by atoms with E-state index in [1.165, 1.54) is 0 Å². The number of piperidine rings is 1. The van der Waals surface area contributed by atoms with E-state index in [4.69, 9.17) is 5.73 Å². The molecule has 0 aromatic carbocycles. The number of hydrogen-bond acceptors (Lipinski definition) is 2. The van der Waals surface area contributed by atoms with E-state index in [-0.39, 0.29) is 11.4 Å². The van der Waals surface area contributed by atoms with Crippen LogP contribution in [0.1, 0.15) is 40.5 Å². The highest BCUT2D eigenvalue weighted by Crippen LogP contribution is 2.44. The summed E-state index contributed by atoms with van der Waals surface area (Å²) in [5, 5.41) is 0. The molecule has 0 aromatic rings. The van der Waals surface area contributed by atoms with Crippen molar-refractivity contribution in [3.63, 3.8) is 0 Å². The molecule has 0 bridgehead atoms. The van der Waals surface area contributed by atoms with Crippen LogP contribution in [0, 0.1) is 11.8 Å². The van der Waals surface area contributed by atoms with Crippen LogP contribution in [0.2, 0.25) is 0 Å². The van der Waals surface area contributed by atoms with Crippen molar-refractivity contribution in [3.05, 3.63) is 23.5 Å². The van der Waals surface area contributed by atoms with Crippen molar-refractivity contribution in [2.24, 2.45) is 17.6 Å². The molecule has 1 fully saturated rings. The van der Waals surface area contributed by atoms with Gasteiger partial charge in [0.1, 0.15) is 0 Å². The summed E-state index contributed by atoms with van der Waals surface area (Å²) in [5.41, 5.74) is 7.89. The quantitative estimate of drug-likeness (QED) is 0.699. The van der Waals surface area contributed by atoms with Gasteiger partial charge in [-0.3, -0.25) is 4.79 Å². The molecule has 1 aliphatic carbocycles. The van der Waals surface area contributed by atoms with Gasteiger partial charge in [-0.15, -0.1) is 0 Å². The third-order valence-electron chi connectivity index (χ3n) is 3.99. The predicted octanol–water partition coefficient (Wildman–Crippen LogP) is 2.40. The van der Waals surface area contributed by atoms with Crippen molar-refractivity contribution in [1.29, 1.82) is 0 Å². The molecule has 2 atom stereocenters. The zero-order valence-corrected chi connectivity index (χ0v) is 11.2. The summed E-state index contributed by atoms with van der Waals surface area (Å²) >= 11 is 0. The third kappa shape index (κ3) is 1.99. The van der Waals surface area contributed by atoms with E-state index in [0.29, 0.717) is 11.8 Å². The lowest BCUT2D eigenvalue weighted by Gasteiger charge is -2.50.